The minimum atomic E-state index is -0.615. The van der Waals surface area contributed by atoms with E-state index >= 15 is 0 Å². The Bertz CT molecular complexity index is 532. The molecule has 0 aliphatic heterocycles. The van der Waals surface area contributed by atoms with Gasteiger partial charge in [0.2, 0.25) is 0 Å². The summed E-state index contributed by atoms with van der Waals surface area (Å²) < 4.78 is 10.6. The molecule has 24 heavy (non-hydrogen) atoms. The molecule has 0 radical (unpaired) electrons. The summed E-state index contributed by atoms with van der Waals surface area (Å²) in [5.41, 5.74) is -0.140. The van der Waals surface area contributed by atoms with Crippen molar-refractivity contribution in [2.45, 2.75) is 53.2 Å². The molecule has 134 valence electrons. The lowest BCUT2D eigenvalue weighted by atomic mass is 9.89. The van der Waals surface area contributed by atoms with Crippen LogP contribution in [0.15, 0.2) is 30.3 Å². The molecule has 0 saturated heterocycles. The Morgan fingerprint density at radius 3 is 2.25 bits per heavy atom. The maximum atomic E-state index is 12.2. The molecule has 0 fully saturated rings. The average Bonchev–Trinajstić information content (AvgIpc) is 2.48. The van der Waals surface area contributed by atoms with E-state index in [1.807, 2.05) is 65.0 Å². The number of carbonyl (C=O) groups is 2. The summed E-state index contributed by atoms with van der Waals surface area (Å²) in [6, 6.07) is 9.58. The fourth-order valence-electron chi connectivity index (χ4n) is 1.99. The summed E-state index contributed by atoms with van der Waals surface area (Å²) >= 11 is 0. The van der Waals surface area contributed by atoms with Crippen LogP contribution in [-0.2, 0) is 25.7 Å². The SMILES string of the molecule is CC(C)(C)OC(=O)CNCCC(C)(C)C(=O)OCc1ccccc1. The number of carbonyl (C=O) groups excluding carboxylic acids is 2. The Morgan fingerprint density at radius 2 is 1.67 bits per heavy atom. The van der Waals surface area contributed by atoms with Gasteiger partial charge < -0.3 is 14.8 Å². The van der Waals surface area contributed by atoms with E-state index in [4.69, 9.17) is 9.47 Å². The minimum Gasteiger partial charge on any atom is -0.460 e. The molecule has 1 aromatic rings. The second-order valence-electron chi connectivity index (χ2n) is 7.46. The molecular weight excluding hydrogens is 306 g/mol. The van der Waals surface area contributed by atoms with Gasteiger partial charge in [-0.05, 0) is 53.1 Å². The Kier molecular flexibility index (Phi) is 7.42. The highest BCUT2D eigenvalue weighted by molar-refractivity contribution is 5.76. The van der Waals surface area contributed by atoms with Crippen LogP contribution in [0.2, 0.25) is 0 Å². The topological polar surface area (TPSA) is 64.6 Å². The predicted octanol–water partition coefficient (Wildman–Crippen LogP) is 3.08. The van der Waals surface area contributed by atoms with Crippen LogP contribution in [0.5, 0.6) is 0 Å². The van der Waals surface area contributed by atoms with Gasteiger partial charge in [-0.3, -0.25) is 9.59 Å². The van der Waals surface area contributed by atoms with E-state index in [9.17, 15) is 9.59 Å². The van der Waals surface area contributed by atoms with Crippen molar-refractivity contribution >= 4 is 11.9 Å². The zero-order valence-corrected chi connectivity index (χ0v) is 15.3. The van der Waals surface area contributed by atoms with E-state index in [0.29, 0.717) is 13.0 Å². The van der Waals surface area contributed by atoms with E-state index in [-0.39, 0.29) is 25.1 Å². The van der Waals surface area contributed by atoms with Gasteiger partial charge in [0.1, 0.15) is 12.2 Å². The highest BCUT2D eigenvalue weighted by Gasteiger charge is 2.29. The van der Waals surface area contributed by atoms with Gasteiger partial charge in [-0.25, -0.2) is 0 Å². The summed E-state index contributed by atoms with van der Waals surface area (Å²) in [6.07, 6.45) is 0.573. The summed E-state index contributed by atoms with van der Waals surface area (Å²) in [4.78, 5) is 23.8. The molecule has 0 aromatic heterocycles. The second-order valence-corrected chi connectivity index (χ2v) is 7.46. The van der Waals surface area contributed by atoms with Crippen LogP contribution in [0.1, 0.15) is 46.6 Å². The molecular formula is C19H29NO4. The lowest BCUT2D eigenvalue weighted by molar-refractivity contribution is -0.155. The number of rotatable bonds is 8. The number of esters is 2. The van der Waals surface area contributed by atoms with Crippen molar-refractivity contribution in [2.24, 2.45) is 5.41 Å². The van der Waals surface area contributed by atoms with Gasteiger partial charge in [-0.1, -0.05) is 30.3 Å². The monoisotopic (exact) mass is 335 g/mol. The molecule has 0 saturated carbocycles. The molecule has 0 spiro atoms. The zero-order valence-electron chi connectivity index (χ0n) is 15.3. The first-order chi connectivity index (χ1) is 11.1. The van der Waals surface area contributed by atoms with Crippen molar-refractivity contribution in [1.82, 2.24) is 5.32 Å². The van der Waals surface area contributed by atoms with E-state index in [0.717, 1.165) is 5.56 Å². The maximum Gasteiger partial charge on any atom is 0.320 e. The quantitative estimate of drug-likeness (QED) is 0.584. The van der Waals surface area contributed by atoms with Gasteiger partial charge in [0.25, 0.3) is 0 Å². The molecule has 1 N–H and O–H groups in total. The van der Waals surface area contributed by atoms with Gasteiger partial charge in [0.15, 0.2) is 0 Å². The number of hydrogen-bond donors (Lipinski definition) is 1. The van der Waals surface area contributed by atoms with Crippen LogP contribution in [0.25, 0.3) is 0 Å². The lowest BCUT2D eigenvalue weighted by Gasteiger charge is -2.23. The van der Waals surface area contributed by atoms with Crippen molar-refractivity contribution in [2.75, 3.05) is 13.1 Å². The first-order valence-corrected chi connectivity index (χ1v) is 8.24. The predicted molar refractivity (Wildman–Crippen MR) is 93.4 cm³/mol. The Balaban J connectivity index is 2.29. The van der Waals surface area contributed by atoms with Gasteiger partial charge in [0, 0.05) is 0 Å². The molecule has 5 heteroatoms. The fraction of sp³-hybridized carbons (Fsp3) is 0.579. The number of nitrogens with one attached hydrogen (secondary N) is 1. The van der Waals surface area contributed by atoms with Crippen molar-refractivity contribution in [3.63, 3.8) is 0 Å². The van der Waals surface area contributed by atoms with Crippen molar-refractivity contribution in [3.8, 4) is 0 Å². The van der Waals surface area contributed by atoms with Crippen LogP contribution >= 0.6 is 0 Å². The standard InChI is InChI=1S/C19H29NO4/c1-18(2,3)24-16(21)13-20-12-11-19(4,5)17(22)23-14-15-9-7-6-8-10-15/h6-10,20H,11-14H2,1-5H3. The Labute approximate surface area is 144 Å². The van der Waals surface area contributed by atoms with E-state index in [1.54, 1.807) is 0 Å². The van der Waals surface area contributed by atoms with E-state index in [2.05, 4.69) is 5.32 Å². The second kappa shape index (κ2) is 8.83. The largest absolute Gasteiger partial charge is 0.460 e. The average molecular weight is 335 g/mol. The molecule has 0 atom stereocenters. The van der Waals surface area contributed by atoms with Crippen LogP contribution in [0.4, 0.5) is 0 Å². The van der Waals surface area contributed by atoms with Gasteiger partial charge in [-0.2, -0.15) is 0 Å². The highest BCUT2D eigenvalue weighted by Crippen LogP contribution is 2.22. The molecule has 0 bridgehead atoms. The van der Waals surface area contributed by atoms with E-state index < -0.39 is 11.0 Å². The third-order valence-corrected chi connectivity index (χ3v) is 3.38. The van der Waals surface area contributed by atoms with E-state index in [1.165, 1.54) is 0 Å². The first kappa shape index (κ1) is 20.2. The fourth-order valence-corrected chi connectivity index (χ4v) is 1.99. The molecule has 5 nitrogen and oxygen atoms in total. The number of ether oxygens (including phenoxy) is 2. The van der Waals surface area contributed by atoms with Gasteiger partial charge in [0.05, 0.1) is 12.0 Å². The molecule has 0 unspecified atom stereocenters. The van der Waals surface area contributed by atoms with Crippen LogP contribution in [-0.4, -0.2) is 30.6 Å². The Hall–Kier alpha value is -1.88. The molecule has 0 heterocycles. The van der Waals surface area contributed by atoms with Crippen molar-refractivity contribution < 1.29 is 19.1 Å². The zero-order chi connectivity index (χ0) is 18.2. The Morgan fingerprint density at radius 1 is 1.04 bits per heavy atom. The summed E-state index contributed by atoms with van der Waals surface area (Å²) in [7, 11) is 0. The molecule has 0 aliphatic carbocycles. The van der Waals surface area contributed by atoms with Gasteiger partial charge in [-0.15, -0.1) is 0 Å². The first-order valence-electron chi connectivity index (χ1n) is 8.24. The summed E-state index contributed by atoms with van der Waals surface area (Å²) in [6.45, 7) is 10.1. The lowest BCUT2D eigenvalue weighted by Crippen LogP contribution is -2.35. The third kappa shape index (κ3) is 8.11. The molecule has 0 aliphatic rings. The van der Waals surface area contributed by atoms with Crippen LogP contribution < -0.4 is 5.32 Å². The van der Waals surface area contributed by atoms with Crippen LogP contribution in [0.3, 0.4) is 0 Å². The summed E-state index contributed by atoms with van der Waals surface area (Å²) in [5.74, 6) is -0.544. The molecule has 1 aromatic carbocycles. The molecule has 0 amide bonds. The highest BCUT2D eigenvalue weighted by atomic mass is 16.6. The smallest absolute Gasteiger partial charge is 0.320 e. The van der Waals surface area contributed by atoms with Crippen LogP contribution in [0, 0.1) is 5.41 Å². The molecule has 1 rings (SSSR count). The third-order valence-electron chi connectivity index (χ3n) is 3.38. The normalized spacial score (nSPS) is 11.9. The maximum absolute atomic E-state index is 12.2. The minimum absolute atomic E-state index is 0.131. The van der Waals surface area contributed by atoms with Crippen molar-refractivity contribution in [1.29, 1.82) is 0 Å². The van der Waals surface area contributed by atoms with Crippen molar-refractivity contribution in [3.05, 3.63) is 35.9 Å². The summed E-state index contributed by atoms with van der Waals surface area (Å²) in [5, 5.41) is 3.01. The number of hydrogen-bond acceptors (Lipinski definition) is 5. The number of benzene rings is 1. The van der Waals surface area contributed by atoms with Gasteiger partial charge >= 0.3 is 11.9 Å².